The number of nitrogens with one attached hydrogen (secondary N) is 1. The molecule has 1 atom stereocenters. The van der Waals surface area contributed by atoms with Crippen LogP contribution in [0, 0.1) is 6.92 Å². The van der Waals surface area contributed by atoms with Crippen molar-refractivity contribution in [2.24, 2.45) is 0 Å². The molecule has 0 radical (unpaired) electrons. The van der Waals surface area contributed by atoms with Crippen molar-refractivity contribution in [3.8, 4) is 0 Å². The number of fused-ring (bicyclic) bond motifs is 2. The predicted molar refractivity (Wildman–Crippen MR) is 103 cm³/mol. The van der Waals surface area contributed by atoms with Gasteiger partial charge in [-0.1, -0.05) is 17.7 Å². The summed E-state index contributed by atoms with van der Waals surface area (Å²) in [6.07, 6.45) is 3.59. The third-order valence-electron chi connectivity index (χ3n) is 4.98. The van der Waals surface area contributed by atoms with Gasteiger partial charge in [-0.05, 0) is 62.9 Å². The Kier molecular flexibility index (Phi) is 4.19. The molecule has 1 unspecified atom stereocenters. The van der Waals surface area contributed by atoms with E-state index in [4.69, 9.17) is 11.6 Å². The summed E-state index contributed by atoms with van der Waals surface area (Å²) < 4.78 is 1.88. The average molecular weight is 369 g/mol. The lowest BCUT2D eigenvalue weighted by Gasteiger charge is -2.15. The highest BCUT2D eigenvalue weighted by Gasteiger charge is 2.25. The van der Waals surface area contributed by atoms with Crippen LogP contribution in [0.4, 0.5) is 0 Å². The molecule has 0 aliphatic heterocycles. The SMILES string of the molecule is Cc1nc2c(cnn2C(C)C)cc1C(=O)NC1CCc2cc(Cl)ccc21. The maximum atomic E-state index is 12.9. The molecule has 5 nitrogen and oxygen atoms in total. The molecule has 6 heteroatoms. The van der Waals surface area contributed by atoms with Gasteiger partial charge in [-0.15, -0.1) is 0 Å². The van der Waals surface area contributed by atoms with Crippen molar-refractivity contribution < 1.29 is 4.79 Å². The normalized spacial score (nSPS) is 16.3. The van der Waals surface area contributed by atoms with Crippen molar-refractivity contribution in [3.63, 3.8) is 0 Å². The van der Waals surface area contributed by atoms with Crippen LogP contribution in [0.25, 0.3) is 11.0 Å². The van der Waals surface area contributed by atoms with Gasteiger partial charge in [-0.2, -0.15) is 5.10 Å². The Labute approximate surface area is 157 Å². The lowest BCUT2D eigenvalue weighted by molar-refractivity contribution is 0.0936. The summed E-state index contributed by atoms with van der Waals surface area (Å²) in [6, 6.07) is 8.00. The summed E-state index contributed by atoms with van der Waals surface area (Å²) in [7, 11) is 0. The van der Waals surface area contributed by atoms with E-state index in [2.05, 4.69) is 29.2 Å². The molecule has 1 aliphatic carbocycles. The summed E-state index contributed by atoms with van der Waals surface area (Å²) in [4.78, 5) is 17.5. The van der Waals surface area contributed by atoms with Gasteiger partial charge in [0.25, 0.3) is 5.91 Å². The van der Waals surface area contributed by atoms with Crippen LogP contribution in [0.1, 0.15) is 59.5 Å². The van der Waals surface area contributed by atoms with Crippen molar-refractivity contribution in [1.82, 2.24) is 20.1 Å². The Hall–Kier alpha value is -2.40. The lowest BCUT2D eigenvalue weighted by Crippen LogP contribution is -2.28. The molecule has 0 saturated carbocycles. The molecule has 0 bridgehead atoms. The van der Waals surface area contributed by atoms with Gasteiger partial charge in [0, 0.05) is 16.5 Å². The smallest absolute Gasteiger partial charge is 0.253 e. The molecule has 1 amide bonds. The fourth-order valence-corrected chi connectivity index (χ4v) is 3.84. The molecule has 26 heavy (non-hydrogen) atoms. The van der Waals surface area contributed by atoms with Crippen LogP contribution in [0.15, 0.2) is 30.5 Å². The third kappa shape index (κ3) is 2.86. The van der Waals surface area contributed by atoms with Crippen LogP contribution in [0.3, 0.4) is 0 Å². The minimum Gasteiger partial charge on any atom is -0.345 e. The highest BCUT2D eigenvalue weighted by atomic mass is 35.5. The highest BCUT2D eigenvalue weighted by molar-refractivity contribution is 6.30. The van der Waals surface area contributed by atoms with E-state index in [-0.39, 0.29) is 18.0 Å². The van der Waals surface area contributed by atoms with E-state index >= 15 is 0 Å². The minimum atomic E-state index is -0.0954. The highest BCUT2D eigenvalue weighted by Crippen LogP contribution is 2.33. The average Bonchev–Trinajstić information content (AvgIpc) is 3.17. The van der Waals surface area contributed by atoms with E-state index < -0.39 is 0 Å². The molecule has 4 rings (SSSR count). The summed E-state index contributed by atoms with van der Waals surface area (Å²) in [5.74, 6) is -0.0954. The molecule has 1 aromatic carbocycles. The molecular formula is C20H21ClN4O. The Bertz CT molecular complexity index is 1010. The fraction of sp³-hybridized carbons (Fsp3) is 0.350. The molecule has 134 valence electrons. The summed E-state index contributed by atoms with van der Waals surface area (Å²) >= 11 is 6.07. The fourth-order valence-electron chi connectivity index (χ4n) is 3.65. The summed E-state index contributed by atoms with van der Waals surface area (Å²) in [5.41, 5.74) is 4.50. The maximum absolute atomic E-state index is 12.9. The number of nitrogens with zero attached hydrogens (tertiary/aromatic N) is 3. The van der Waals surface area contributed by atoms with Crippen LogP contribution in [0.2, 0.25) is 5.02 Å². The first kappa shape index (κ1) is 17.0. The number of pyridine rings is 1. The lowest BCUT2D eigenvalue weighted by atomic mass is 10.1. The third-order valence-corrected chi connectivity index (χ3v) is 5.22. The number of carbonyl (C=O) groups excluding carboxylic acids is 1. The van der Waals surface area contributed by atoms with Gasteiger partial charge in [-0.25, -0.2) is 9.67 Å². The van der Waals surface area contributed by atoms with E-state index in [0.717, 1.165) is 34.5 Å². The van der Waals surface area contributed by atoms with Crippen LogP contribution >= 0.6 is 11.6 Å². The topological polar surface area (TPSA) is 59.8 Å². The predicted octanol–water partition coefficient (Wildman–Crippen LogP) is 4.39. The van der Waals surface area contributed by atoms with E-state index in [1.165, 1.54) is 5.56 Å². The van der Waals surface area contributed by atoms with E-state index in [1.54, 1.807) is 6.20 Å². The van der Waals surface area contributed by atoms with Crippen molar-refractivity contribution in [3.05, 3.63) is 57.9 Å². The largest absolute Gasteiger partial charge is 0.345 e. The van der Waals surface area contributed by atoms with E-state index in [1.807, 2.05) is 35.9 Å². The quantitative estimate of drug-likeness (QED) is 0.745. The molecule has 2 aromatic heterocycles. The van der Waals surface area contributed by atoms with Gasteiger partial charge >= 0.3 is 0 Å². The van der Waals surface area contributed by atoms with Crippen LogP contribution in [0.5, 0.6) is 0 Å². The second-order valence-corrected chi connectivity index (χ2v) is 7.56. The maximum Gasteiger partial charge on any atom is 0.253 e. The van der Waals surface area contributed by atoms with Crippen LogP contribution in [-0.4, -0.2) is 20.7 Å². The zero-order valence-electron chi connectivity index (χ0n) is 15.1. The number of carbonyl (C=O) groups is 1. The van der Waals surface area contributed by atoms with Crippen molar-refractivity contribution in [2.75, 3.05) is 0 Å². The molecular weight excluding hydrogens is 348 g/mol. The molecule has 0 spiro atoms. The first-order valence-electron chi connectivity index (χ1n) is 8.88. The first-order chi connectivity index (χ1) is 12.4. The van der Waals surface area contributed by atoms with Crippen molar-refractivity contribution in [1.29, 1.82) is 0 Å². The number of amides is 1. The summed E-state index contributed by atoms with van der Waals surface area (Å²) in [6.45, 7) is 6.00. The zero-order valence-corrected chi connectivity index (χ0v) is 15.8. The number of hydrogen-bond acceptors (Lipinski definition) is 3. The van der Waals surface area contributed by atoms with Crippen LogP contribution in [-0.2, 0) is 6.42 Å². The van der Waals surface area contributed by atoms with Crippen molar-refractivity contribution >= 4 is 28.5 Å². The second-order valence-electron chi connectivity index (χ2n) is 7.12. The van der Waals surface area contributed by atoms with Gasteiger partial charge in [0.1, 0.15) is 0 Å². The molecule has 1 N–H and O–H groups in total. The minimum absolute atomic E-state index is 0.0169. The van der Waals surface area contributed by atoms with Gasteiger partial charge in [0.15, 0.2) is 5.65 Å². The Morgan fingerprint density at radius 1 is 1.35 bits per heavy atom. The number of aromatic nitrogens is 3. The Morgan fingerprint density at radius 3 is 2.92 bits per heavy atom. The molecule has 0 fully saturated rings. The van der Waals surface area contributed by atoms with Gasteiger partial charge in [0.2, 0.25) is 0 Å². The molecule has 3 aromatic rings. The number of halogens is 1. The second kappa shape index (κ2) is 6.40. The zero-order chi connectivity index (χ0) is 18.4. The monoisotopic (exact) mass is 368 g/mol. The first-order valence-corrected chi connectivity index (χ1v) is 9.26. The van der Waals surface area contributed by atoms with E-state index in [9.17, 15) is 4.79 Å². The van der Waals surface area contributed by atoms with Crippen molar-refractivity contribution in [2.45, 2.75) is 45.7 Å². The van der Waals surface area contributed by atoms with Crippen LogP contribution < -0.4 is 5.32 Å². The van der Waals surface area contributed by atoms with Gasteiger partial charge < -0.3 is 5.32 Å². The Morgan fingerprint density at radius 2 is 2.15 bits per heavy atom. The number of rotatable bonds is 3. The number of hydrogen-bond donors (Lipinski definition) is 1. The number of aryl methyl sites for hydroxylation is 2. The van der Waals surface area contributed by atoms with E-state index in [0.29, 0.717) is 11.3 Å². The molecule has 0 saturated heterocycles. The van der Waals surface area contributed by atoms with Gasteiger partial charge in [0.05, 0.1) is 23.5 Å². The standard InChI is InChI=1S/C20H21ClN4O/c1-11(2)25-19-14(10-22-25)9-17(12(3)23-19)20(26)24-18-7-4-13-8-15(21)5-6-16(13)18/h5-6,8-11,18H,4,7H2,1-3H3,(H,24,26). The number of benzene rings is 1. The summed E-state index contributed by atoms with van der Waals surface area (Å²) in [5, 5.41) is 9.17. The Balaban J connectivity index is 1.62. The van der Waals surface area contributed by atoms with Gasteiger partial charge in [-0.3, -0.25) is 4.79 Å². The molecule has 2 heterocycles. The molecule has 1 aliphatic rings.